The lowest BCUT2D eigenvalue weighted by Gasteiger charge is -2.28. The first-order valence-electron chi connectivity index (χ1n) is 7.99. The lowest BCUT2D eigenvalue weighted by molar-refractivity contribution is 0.103. The number of anilines is 2. The molecule has 2 aromatic heterocycles. The number of sulfonamides is 1. The van der Waals surface area contributed by atoms with Gasteiger partial charge in [-0.3, -0.25) is 4.79 Å². The van der Waals surface area contributed by atoms with E-state index in [1.165, 1.54) is 22.6 Å². The molecule has 3 rings (SSSR count). The molecule has 2 aromatic rings. The SMILES string of the molecule is CC1CCN(S(=O)(=O)c2ccc(C(=O)Nc3ccc(N)nc3)s2)CC1. The number of aromatic nitrogens is 1. The third kappa shape index (κ3) is 4.00. The molecule has 0 spiro atoms. The van der Waals surface area contributed by atoms with E-state index in [-0.39, 0.29) is 10.1 Å². The minimum atomic E-state index is -3.53. The van der Waals surface area contributed by atoms with E-state index < -0.39 is 10.0 Å². The number of piperidine rings is 1. The van der Waals surface area contributed by atoms with E-state index in [2.05, 4.69) is 17.2 Å². The maximum atomic E-state index is 12.7. The zero-order chi connectivity index (χ0) is 18.0. The summed E-state index contributed by atoms with van der Waals surface area (Å²) in [5.41, 5.74) is 6.01. The number of nitrogens with one attached hydrogen (secondary N) is 1. The van der Waals surface area contributed by atoms with Crippen molar-refractivity contribution in [1.29, 1.82) is 0 Å². The van der Waals surface area contributed by atoms with E-state index in [1.807, 2.05) is 0 Å². The summed E-state index contributed by atoms with van der Waals surface area (Å²) in [6.45, 7) is 3.18. The van der Waals surface area contributed by atoms with E-state index in [0.717, 1.165) is 24.2 Å². The van der Waals surface area contributed by atoms with Crippen LogP contribution in [0.5, 0.6) is 0 Å². The molecule has 25 heavy (non-hydrogen) atoms. The molecular formula is C16H20N4O3S2. The maximum absolute atomic E-state index is 12.7. The smallest absolute Gasteiger partial charge is 0.265 e. The molecule has 0 bridgehead atoms. The topological polar surface area (TPSA) is 105 Å². The van der Waals surface area contributed by atoms with Crippen LogP contribution in [0.25, 0.3) is 0 Å². The van der Waals surface area contributed by atoms with Crippen LogP contribution in [0.2, 0.25) is 0 Å². The van der Waals surface area contributed by atoms with Crippen LogP contribution in [0.3, 0.4) is 0 Å². The second-order valence-electron chi connectivity index (χ2n) is 6.13. The van der Waals surface area contributed by atoms with Gasteiger partial charge in [0.1, 0.15) is 10.0 Å². The molecule has 7 nitrogen and oxygen atoms in total. The molecule has 0 atom stereocenters. The van der Waals surface area contributed by atoms with E-state index in [4.69, 9.17) is 5.73 Å². The highest BCUT2D eigenvalue weighted by atomic mass is 32.2. The average molecular weight is 380 g/mol. The standard InChI is InChI=1S/C16H20N4O3S2/c1-11-6-8-20(9-7-11)25(22,23)15-5-3-13(24-15)16(21)19-12-2-4-14(17)18-10-12/h2-5,10-11H,6-9H2,1H3,(H2,17,18)(H,19,21). The Labute approximate surface area is 150 Å². The third-order valence-electron chi connectivity index (χ3n) is 4.19. The van der Waals surface area contributed by atoms with Gasteiger partial charge < -0.3 is 11.1 Å². The molecular weight excluding hydrogens is 360 g/mol. The van der Waals surface area contributed by atoms with E-state index in [0.29, 0.717) is 35.4 Å². The van der Waals surface area contributed by atoms with Crippen LogP contribution in [-0.4, -0.2) is 36.7 Å². The van der Waals surface area contributed by atoms with Gasteiger partial charge in [0.15, 0.2) is 0 Å². The molecule has 1 fully saturated rings. The molecule has 3 heterocycles. The summed E-state index contributed by atoms with van der Waals surface area (Å²) < 4.78 is 27.1. The molecule has 1 aliphatic rings. The van der Waals surface area contributed by atoms with Gasteiger partial charge in [0.2, 0.25) is 0 Å². The third-order valence-corrected chi connectivity index (χ3v) is 7.64. The van der Waals surface area contributed by atoms with Crippen LogP contribution < -0.4 is 11.1 Å². The van der Waals surface area contributed by atoms with Gasteiger partial charge in [0.05, 0.1) is 16.8 Å². The van der Waals surface area contributed by atoms with Crippen molar-refractivity contribution in [2.24, 2.45) is 5.92 Å². The van der Waals surface area contributed by atoms with E-state index in [1.54, 1.807) is 12.1 Å². The van der Waals surface area contributed by atoms with Crippen LogP contribution in [0.15, 0.2) is 34.7 Å². The van der Waals surface area contributed by atoms with Crippen LogP contribution in [0, 0.1) is 5.92 Å². The number of nitrogens with two attached hydrogens (primary N) is 1. The number of nitrogen functional groups attached to an aromatic ring is 1. The minimum Gasteiger partial charge on any atom is -0.384 e. The molecule has 0 unspecified atom stereocenters. The summed E-state index contributed by atoms with van der Waals surface area (Å²) in [5.74, 6) is 0.535. The highest BCUT2D eigenvalue weighted by molar-refractivity contribution is 7.91. The summed E-state index contributed by atoms with van der Waals surface area (Å²) in [5, 5.41) is 2.68. The Morgan fingerprint density at radius 3 is 2.64 bits per heavy atom. The van der Waals surface area contributed by atoms with Gasteiger partial charge in [0, 0.05) is 13.1 Å². The van der Waals surface area contributed by atoms with Gasteiger partial charge in [0.25, 0.3) is 15.9 Å². The summed E-state index contributed by atoms with van der Waals surface area (Å²) in [4.78, 5) is 16.5. The summed E-state index contributed by atoms with van der Waals surface area (Å²) in [7, 11) is -3.53. The first kappa shape index (κ1) is 17.8. The number of carbonyl (C=O) groups is 1. The number of pyridine rings is 1. The Balaban J connectivity index is 1.73. The van der Waals surface area contributed by atoms with Crippen molar-refractivity contribution in [3.05, 3.63) is 35.3 Å². The highest BCUT2D eigenvalue weighted by Gasteiger charge is 2.29. The van der Waals surface area contributed by atoms with Gasteiger partial charge in [-0.15, -0.1) is 11.3 Å². The molecule has 1 aliphatic heterocycles. The number of carbonyl (C=O) groups excluding carboxylic acids is 1. The molecule has 9 heteroatoms. The zero-order valence-electron chi connectivity index (χ0n) is 13.8. The predicted octanol–water partition coefficient (Wildman–Crippen LogP) is 2.40. The monoisotopic (exact) mass is 380 g/mol. The fourth-order valence-corrected chi connectivity index (χ4v) is 5.43. The molecule has 3 N–H and O–H groups in total. The molecule has 1 amide bonds. The summed E-state index contributed by atoms with van der Waals surface area (Å²) >= 11 is 0.978. The fraction of sp³-hybridized carbons (Fsp3) is 0.375. The molecule has 134 valence electrons. The number of hydrogen-bond acceptors (Lipinski definition) is 6. The van der Waals surface area contributed by atoms with E-state index >= 15 is 0 Å². The quantitative estimate of drug-likeness (QED) is 0.847. The largest absolute Gasteiger partial charge is 0.384 e. The first-order valence-corrected chi connectivity index (χ1v) is 10.2. The van der Waals surface area contributed by atoms with E-state index in [9.17, 15) is 13.2 Å². The number of rotatable bonds is 4. The highest BCUT2D eigenvalue weighted by Crippen LogP contribution is 2.28. The molecule has 0 aliphatic carbocycles. The predicted molar refractivity (Wildman–Crippen MR) is 98.1 cm³/mol. The van der Waals surface area contributed by atoms with Crippen molar-refractivity contribution in [2.45, 2.75) is 24.0 Å². The van der Waals surface area contributed by atoms with Crippen molar-refractivity contribution in [1.82, 2.24) is 9.29 Å². The zero-order valence-corrected chi connectivity index (χ0v) is 15.4. The maximum Gasteiger partial charge on any atom is 0.265 e. The van der Waals surface area contributed by atoms with Crippen molar-refractivity contribution in [2.75, 3.05) is 24.1 Å². The van der Waals surface area contributed by atoms with Crippen LogP contribution in [-0.2, 0) is 10.0 Å². The van der Waals surface area contributed by atoms with Crippen molar-refractivity contribution in [3.63, 3.8) is 0 Å². The Morgan fingerprint density at radius 2 is 2.00 bits per heavy atom. The van der Waals surface area contributed by atoms with Gasteiger partial charge in [-0.25, -0.2) is 13.4 Å². The second kappa shape index (κ2) is 7.11. The fourth-order valence-electron chi connectivity index (χ4n) is 2.61. The average Bonchev–Trinajstić information content (AvgIpc) is 3.08. The first-order chi connectivity index (χ1) is 11.9. The Kier molecular flexibility index (Phi) is 5.07. The minimum absolute atomic E-state index is 0.197. The van der Waals surface area contributed by atoms with Crippen molar-refractivity contribution < 1.29 is 13.2 Å². The number of hydrogen-bond donors (Lipinski definition) is 2. The van der Waals surface area contributed by atoms with Crippen LogP contribution in [0.1, 0.15) is 29.4 Å². The Bertz CT molecular complexity index is 854. The Hall–Kier alpha value is -1.97. The Morgan fingerprint density at radius 1 is 1.28 bits per heavy atom. The number of amides is 1. The van der Waals surface area contributed by atoms with Gasteiger partial charge in [-0.1, -0.05) is 6.92 Å². The summed E-state index contributed by atoms with van der Waals surface area (Å²) in [6.07, 6.45) is 3.18. The number of thiophene rings is 1. The van der Waals surface area contributed by atoms with Crippen LogP contribution >= 0.6 is 11.3 Å². The van der Waals surface area contributed by atoms with Gasteiger partial charge in [-0.05, 0) is 43.0 Å². The molecule has 0 aromatic carbocycles. The normalized spacial score (nSPS) is 16.7. The number of nitrogens with zero attached hydrogens (tertiary/aromatic N) is 2. The lowest BCUT2D eigenvalue weighted by atomic mass is 10.0. The van der Waals surface area contributed by atoms with Gasteiger partial charge in [-0.2, -0.15) is 4.31 Å². The lowest BCUT2D eigenvalue weighted by Crippen LogP contribution is -2.37. The molecule has 0 radical (unpaired) electrons. The van der Waals surface area contributed by atoms with Crippen molar-refractivity contribution >= 4 is 38.8 Å². The molecule has 0 saturated carbocycles. The van der Waals surface area contributed by atoms with Gasteiger partial charge >= 0.3 is 0 Å². The second-order valence-corrected chi connectivity index (χ2v) is 9.38. The van der Waals surface area contributed by atoms with Crippen molar-refractivity contribution in [3.8, 4) is 0 Å². The summed E-state index contributed by atoms with van der Waals surface area (Å²) in [6, 6.07) is 6.25. The molecule has 1 saturated heterocycles. The van der Waals surface area contributed by atoms with Crippen LogP contribution in [0.4, 0.5) is 11.5 Å².